The van der Waals surface area contributed by atoms with Gasteiger partial charge in [0, 0.05) is 19.8 Å². The topological polar surface area (TPSA) is 40.5 Å². The number of nitrogens with zero attached hydrogens (tertiary/aromatic N) is 1. The monoisotopic (exact) mass is 275 g/mol. The molecule has 0 aliphatic carbocycles. The van der Waals surface area contributed by atoms with Crippen LogP contribution >= 0.6 is 0 Å². The molecule has 0 spiro atoms. The summed E-state index contributed by atoms with van der Waals surface area (Å²) >= 11 is 0. The minimum Gasteiger partial charge on any atom is -0.481 e. The molecule has 0 radical (unpaired) electrons. The maximum absolute atomic E-state index is 12.7. The molecule has 106 valence electrons. The summed E-state index contributed by atoms with van der Waals surface area (Å²) in [4.78, 5) is 12.5. The Morgan fingerprint density at radius 3 is 2.37 bits per heavy atom. The summed E-state index contributed by atoms with van der Waals surface area (Å²) in [5, 5.41) is 8.87. The highest BCUT2D eigenvalue weighted by atomic mass is 19.4. The lowest BCUT2D eigenvalue weighted by molar-refractivity contribution is -0.141. The van der Waals surface area contributed by atoms with Gasteiger partial charge in [0.15, 0.2) is 0 Å². The van der Waals surface area contributed by atoms with Crippen molar-refractivity contribution in [3.05, 3.63) is 29.3 Å². The lowest BCUT2D eigenvalue weighted by atomic mass is 9.97. The number of halogens is 3. The minimum atomic E-state index is -4.42. The molecule has 19 heavy (non-hydrogen) atoms. The predicted molar refractivity (Wildman–Crippen MR) is 66.3 cm³/mol. The molecule has 0 amide bonds. The zero-order valence-electron chi connectivity index (χ0n) is 11.0. The molecular weight excluding hydrogens is 259 g/mol. The van der Waals surface area contributed by atoms with Gasteiger partial charge < -0.3 is 10.0 Å². The van der Waals surface area contributed by atoms with Crippen molar-refractivity contribution >= 4 is 11.7 Å². The van der Waals surface area contributed by atoms with Gasteiger partial charge in [-0.05, 0) is 30.2 Å². The summed E-state index contributed by atoms with van der Waals surface area (Å²) in [6.45, 7) is 1.47. The van der Waals surface area contributed by atoms with Gasteiger partial charge in [-0.25, -0.2) is 0 Å². The summed E-state index contributed by atoms with van der Waals surface area (Å²) in [5.74, 6) is -1.76. The van der Waals surface area contributed by atoms with E-state index in [0.717, 1.165) is 12.1 Å². The molecule has 1 atom stereocenters. The van der Waals surface area contributed by atoms with Crippen molar-refractivity contribution in [2.45, 2.75) is 19.5 Å². The fourth-order valence-electron chi connectivity index (χ4n) is 1.78. The number of anilines is 1. The molecule has 1 aromatic rings. The van der Waals surface area contributed by atoms with E-state index in [4.69, 9.17) is 5.11 Å². The number of carboxylic acids is 1. The quantitative estimate of drug-likeness (QED) is 0.918. The molecule has 0 aromatic heterocycles. The highest BCUT2D eigenvalue weighted by molar-refractivity contribution is 5.70. The number of rotatable bonds is 4. The first-order chi connectivity index (χ1) is 8.62. The van der Waals surface area contributed by atoms with Crippen LogP contribution in [-0.4, -0.2) is 25.2 Å². The Kier molecular flexibility index (Phi) is 4.44. The zero-order valence-corrected chi connectivity index (χ0v) is 11.0. The summed E-state index contributed by atoms with van der Waals surface area (Å²) < 4.78 is 38.0. The molecular formula is C13H16F3NO2. The zero-order chi connectivity index (χ0) is 14.8. The second-order valence-corrected chi connectivity index (χ2v) is 4.68. The number of aliphatic carboxylic acids is 1. The van der Waals surface area contributed by atoms with Crippen LogP contribution in [0.25, 0.3) is 0 Å². The van der Waals surface area contributed by atoms with E-state index in [2.05, 4.69) is 0 Å². The largest absolute Gasteiger partial charge is 0.481 e. The van der Waals surface area contributed by atoms with Crippen LogP contribution in [0.4, 0.5) is 18.9 Å². The van der Waals surface area contributed by atoms with Gasteiger partial charge >= 0.3 is 12.1 Å². The summed E-state index contributed by atoms with van der Waals surface area (Å²) in [6.07, 6.45) is -4.36. The van der Waals surface area contributed by atoms with Crippen LogP contribution in [0.3, 0.4) is 0 Å². The van der Waals surface area contributed by atoms with Crippen molar-refractivity contribution < 1.29 is 23.1 Å². The van der Waals surface area contributed by atoms with Gasteiger partial charge in [0.25, 0.3) is 0 Å². The second kappa shape index (κ2) is 5.50. The fourth-order valence-corrected chi connectivity index (χ4v) is 1.78. The molecule has 0 aliphatic rings. The number of carbonyl (C=O) groups is 1. The predicted octanol–water partition coefficient (Wildman–Crippen LogP) is 3.03. The molecule has 0 saturated heterocycles. The first-order valence-electron chi connectivity index (χ1n) is 5.73. The Bertz CT molecular complexity index is 469. The third kappa shape index (κ3) is 3.87. The van der Waals surface area contributed by atoms with Crippen LogP contribution in [0, 0.1) is 5.92 Å². The maximum Gasteiger partial charge on any atom is 0.416 e. The summed E-state index contributed by atoms with van der Waals surface area (Å²) in [6, 6.07) is 3.39. The lowest BCUT2D eigenvalue weighted by Gasteiger charge is -2.20. The number of alkyl halides is 3. The average Bonchev–Trinajstić information content (AvgIpc) is 2.27. The molecule has 1 unspecified atom stereocenters. The number of hydrogen-bond donors (Lipinski definition) is 1. The van der Waals surface area contributed by atoms with Crippen LogP contribution in [0.5, 0.6) is 0 Å². The van der Waals surface area contributed by atoms with Crippen molar-refractivity contribution in [1.82, 2.24) is 0 Å². The van der Waals surface area contributed by atoms with Gasteiger partial charge in [-0.2, -0.15) is 13.2 Å². The molecule has 1 N–H and O–H groups in total. The normalized spacial score (nSPS) is 13.2. The molecule has 6 heteroatoms. The number of hydrogen-bond acceptors (Lipinski definition) is 2. The Hall–Kier alpha value is -1.72. The van der Waals surface area contributed by atoms with Crippen LogP contribution in [0.15, 0.2) is 18.2 Å². The molecule has 0 bridgehead atoms. The number of benzene rings is 1. The van der Waals surface area contributed by atoms with Gasteiger partial charge in [-0.3, -0.25) is 4.79 Å². The SMILES string of the molecule is CC(Cc1cc(C(F)(F)F)ccc1N(C)C)C(=O)O. The van der Waals surface area contributed by atoms with E-state index in [1.54, 1.807) is 19.0 Å². The summed E-state index contributed by atoms with van der Waals surface area (Å²) in [5.41, 5.74) is 0.224. The Morgan fingerprint density at radius 1 is 1.37 bits per heavy atom. The first kappa shape index (κ1) is 15.3. The van der Waals surface area contributed by atoms with Crippen LogP contribution < -0.4 is 4.90 Å². The van der Waals surface area contributed by atoms with Crippen molar-refractivity contribution in [3.8, 4) is 0 Å². The Labute approximate surface area is 109 Å². The van der Waals surface area contributed by atoms with E-state index in [1.807, 2.05) is 0 Å². The Morgan fingerprint density at radius 2 is 1.95 bits per heavy atom. The maximum atomic E-state index is 12.7. The highest BCUT2D eigenvalue weighted by Gasteiger charge is 2.31. The van der Waals surface area contributed by atoms with Crippen molar-refractivity contribution in [3.63, 3.8) is 0 Å². The molecule has 0 fully saturated rings. The lowest BCUT2D eigenvalue weighted by Crippen LogP contribution is -2.17. The summed E-state index contributed by atoms with van der Waals surface area (Å²) in [7, 11) is 3.41. The highest BCUT2D eigenvalue weighted by Crippen LogP contribution is 2.33. The van der Waals surface area contributed by atoms with Gasteiger partial charge in [0.05, 0.1) is 11.5 Å². The minimum absolute atomic E-state index is 0.0623. The van der Waals surface area contributed by atoms with Gasteiger partial charge in [0.2, 0.25) is 0 Å². The van der Waals surface area contributed by atoms with Gasteiger partial charge in [0.1, 0.15) is 0 Å². The van der Waals surface area contributed by atoms with Crippen molar-refractivity contribution in [1.29, 1.82) is 0 Å². The molecule has 1 rings (SSSR count). The van der Waals surface area contributed by atoms with Gasteiger partial charge in [-0.1, -0.05) is 6.92 Å². The molecule has 1 aromatic carbocycles. The van der Waals surface area contributed by atoms with E-state index < -0.39 is 23.6 Å². The third-order valence-electron chi connectivity index (χ3n) is 2.84. The number of carboxylic acid groups (broad SMARTS) is 1. The van der Waals surface area contributed by atoms with Crippen LogP contribution in [0.1, 0.15) is 18.1 Å². The molecule has 0 saturated carbocycles. The standard InChI is InChI=1S/C13H16F3NO2/c1-8(12(18)19)6-9-7-10(13(14,15)16)4-5-11(9)17(2)3/h4-5,7-8H,6H2,1-3H3,(H,18,19). The van der Waals surface area contributed by atoms with Gasteiger partial charge in [-0.15, -0.1) is 0 Å². The third-order valence-corrected chi connectivity index (χ3v) is 2.84. The van der Waals surface area contributed by atoms with Crippen molar-refractivity contribution in [2.24, 2.45) is 5.92 Å². The van der Waals surface area contributed by atoms with E-state index in [0.29, 0.717) is 11.3 Å². The molecule has 3 nitrogen and oxygen atoms in total. The fraction of sp³-hybridized carbons (Fsp3) is 0.462. The molecule has 0 aliphatic heterocycles. The van der Waals surface area contributed by atoms with Crippen LogP contribution in [0.2, 0.25) is 0 Å². The van der Waals surface area contributed by atoms with Crippen LogP contribution in [-0.2, 0) is 17.4 Å². The van der Waals surface area contributed by atoms with Crippen molar-refractivity contribution in [2.75, 3.05) is 19.0 Å². The van der Waals surface area contributed by atoms with E-state index >= 15 is 0 Å². The van der Waals surface area contributed by atoms with E-state index in [9.17, 15) is 18.0 Å². The second-order valence-electron chi connectivity index (χ2n) is 4.68. The smallest absolute Gasteiger partial charge is 0.416 e. The first-order valence-corrected chi connectivity index (χ1v) is 5.73. The Balaban J connectivity index is 3.20. The van der Waals surface area contributed by atoms with E-state index in [1.165, 1.54) is 13.0 Å². The van der Waals surface area contributed by atoms with E-state index in [-0.39, 0.29) is 6.42 Å². The molecule has 0 heterocycles. The average molecular weight is 275 g/mol.